The molecule has 2 N–H and O–H groups in total. The summed E-state index contributed by atoms with van der Waals surface area (Å²) in [6, 6.07) is 2.54. The van der Waals surface area contributed by atoms with Gasteiger partial charge in [-0.15, -0.1) is 24.0 Å². The van der Waals surface area contributed by atoms with E-state index in [0.29, 0.717) is 18.5 Å². The van der Waals surface area contributed by atoms with Gasteiger partial charge in [0.15, 0.2) is 11.7 Å². The van der Waals surface area contributed by atoms with Gasteiger partial charge in [0.1, 0.15) is 6.54 Å². The summed E-state index contributed by atoms with van der Waals surface area (Å²) in [5.41, 5.74) is 0.992. The molecule has 1 fully saturated rings. The van der Waals surface area contributed by atoms with Crippen LogP contribution in [0.3, 0.4) is 0 Å². The maximum absolute atomic E-state index is 5.37. The molecule has 138 valence electrons. The number of aromatic nitrogens is 1. The van der Waals surface area contributed by atoms with Crippen LogP contribution >= 0.6 is 24.0 Å². The lowest BCUT2D eigenvalue weighted by molar-refractivity contribution is 0.298. The fourth-order valence-electron chi connectivity index (χ4n) is 3.14. The molecule has 0 amide bonds. The van der Waals surface area contributed by atoms with Crippen LogP contribution in [0, 0.1) is 5.92 Å². The molecular weight excluding hydrogens is 415 g/mol. The number of rotatable bonds is 6. The Labute approximate surface area is 163 Å². The number of nitrogens with one attached hydrogen (secondary N) is 2. The average Bonchev–Trinajstić information content (AvgIpc) is 3.02. The van der Waals surface area contributed by atoms with Crippen molar-refractivity contribution in [3.05, 3.63) is 17.5 Å². The summed E-state index contributed by atoms with van der Waals surface area (Å²) in [6.07, 6.45) is 6.46. The summed E-state index contributed by atoms with van der Waals surface area (Å²) < 4.78 is 5.37. The highest BCUT2D eigenvalue weighted by Gasteiger charge is 2.21. The maximum atomic E-state index is 5.37. The monoisotopic (exact) mass is 448 g/mol. The zero-order valence-corrected chi connectivity index (χ0v) is 17.8. The van der Waals surface area contributed by atoms with Gasteiger partial charge in [-0.2, -0.15) is 0 Å². The van der Waals surface area contributed by atoms with Crippen molar-refractivity contribution in [1.82, 2.24) is 15.8 Å². The third kappa shape index (κ3) is 6.61. The summed E-state index contributed by atoms with van der Waals surface area (Å²) in [5.74, 6) is 2.95. The summed E-state index contributed by atoms with van der Waals surface area (Å²) in [7, 11) is 0. The largest absolute Gasteiger partial charge is 0.359 e. The zero-order chi connectivity index (χ0) is 16.7. The summed E-state index contributed by atoms with van der Waals surface area (Å²) in [6.45, 7) is 10.0. The van der Waals surface area contributed by atoms with Gasteiger partial charge in [-0.3, -0.25) is 0 Å². The van der Waals surface area contributed by atoms with Crippen molar-refractivity contribution < 1.29 is 4.52 Å². The molecule has 6 heteroatoms. The molecule has 1 aliphatic carbocycles. The van der Waals surface area contributed by atoms with Crippen LogP contribution in [0.15, 0.2) is 15.6 Å². The van der Waals surface area contributed by atoms with E-state index in [-0.39, 0.29) is 24.0 Å². The molecule has 2 atom stereocenters. The van der Waals surface area contributed by atoms with Gasteiger partial charge in [-0.1, -0.05) is 45.2 Å². The smallest absolute Gasteiger partial charge is 0.191 e. The first-order valence-corrected chi connectivity index (χ1v) is 9.12. The van der Waals surface area contributed by atoms with E-state index in [1.54, 1.807) is 0 Å². The Morgan fingerprint density at radius 3 is 2.79 bits per heavy atom. The Bertz CT molecular complexity index is 501. The van der Waals surface area contributed by atoms with Gasteiger partial charge in [0, 0.05) is 18.7 Å². The van der Waals surface area contributed by atoms with E-state index in [1.165, 1.54) is 32.1 Å². The molecule has 1 heterocycles. The third-order valence-corrected chi connectivity index (χ3v) is 4.61. The Morgan fingerprint density at radius 2 is 2.17 bits per heavy atom. The highest BCUT2D eigenvalue weighted by atomic mass is 127. The van der Waals surface area contributed by atoms with Crippen LogP contribution in [0.2, 0.25) is 0 Å². The van der Waals surface area contributed by atoms with Crippen LogP contribution in [0.25, 0.3) is 0 Å². The van der Waals surface area contributed by atoms with Crippen LogP contribution in [0.4, 0.5) is 0 Å². The van der Waals surface area contributed by atoms with Gasteiger partial charge >= 0.3 is 0 Å². The number of hydrogen-bond donors (Lipinski definition) is 2. The van der Waals surface area contributed by atoms with E-state index in [9.17, 15) is 0 Å². The Morgan fingerprint density at radius 1 is 1.38 bits per heavy atom. The van der Waals surface area contributed by atoms with Gasteiger partial charge < -0.3 is 15.2 Å². The van der Waals surface area contributed by atoms with E-state index < -0.39 is 0 Å². The molecule has 0 saturated heterocycles. The van der Waals surface area contributed by atoms with E-state index in [4.69, 9.17) is 4.52 Å². The van der Waals surface area contributed by atoms with Crippen molar-refractivity contribution in [1.29, 1.82) is 0 Å². The molecule has 0 bridgehead atoms. The van der Waals surface area contributed by atoms with Gasteiger partial charge in [-0.25, -0.2) is 4.99 Å². The van der Waals surface area contributed by atoms with E-state index in [1.807, 2.05) is 6.07 Å². The quantitative estimate of drug-likeness (QED) is 0.384. The van der Waals surface area contributed by atoms with Crippen molar-refractivity contribution in [3.8, 4) is 0 Å². The second kappa shape index (κ2) is 10.9. The molecule has 0 spiro atoms. The molecule has 1 aromatic rings. The highest BCUT2D eigenvalue weighted by Crippen LogP contribution is 2.26. The summed E-state index contributed by atoms with van der Waals surface area (Å²) in [5, 5.41) is 11.0. The summed E-state index contributed by atoms with van der Waals surface area (Å²) >= 11 is 0. The molecule has 0 aromatic carbocycles. The zero-order valence-electron chi connectivity index (χ0n) is 15.5. The Balaban J connectivity index is 0.00000288. The standard InChI is InChI=1S/C18H32N4O.HI/c1-5-14-8-7-9-15(10-14)21-18(19-6-2)20-12-16-11-17(13(3)4)22-23-16;/h11,13-15H,5-10,12H2,1-4H3,(H2,19,20,21);1H. The number of nitrogens with zero attached hydrogens (tertiary/aromatic N) is 2. The normalized spacial score (nSPS) is 21.5. The van der Waals surface area contributed by atoms with Gasteiger partial charge in [0.05, 0.1) is 5.69 Å². The molecular formula is C18H33IN4O. The Hall–Kier alpha value is -0.790. The number of halogens is 1. The number of guanidine groups is 1. The van der Waals surface area contributed by atoms with Crippen molar-refractivity contribution >= 4 is 29.9 Å². The van der Waals surface area contributed by atoms with Crippen molar-refractivity contribution in [2.45, 2.75) is 78.3 Å². The molecule has 5 nitrogen and oxygen atoms in total. The van der Waals surface area contributed by atoms with Gasteiger partial charge in [0.2, 0.25) is 0 Å². The molecule has 0 aliphatic heterocycles. The van der Waals surface area contributed by atoms with Crippen LogP contribution in [0.1, 0.15) is 77.2 Å². The summed E-state index contributed by atoms with van der Waals surface area (Å²) in [4.78, 5) is 4.66. The second-order valence-corrected chi connectivity index (χ2v) is 6.85. The molecule has 1 saturated carbocycles. The third-order valence-electron chi connectivity index (χ3n) is 4.61. The lowest BCUT2D eigenvalue weighted by Gasteiger charge is -2.30. The van der Waals surface area contributed by atoms with Crippen LogP contribution in [0.5, 0.6) is 0 Å². The molecule has 2 unspecified atom stereocenters. The first-order valence-electron chi connectivity index (χ1n) is 9.12. The first-order chi connectivity index (χ1) is 11.1. The average molecular weight is 448 g/mol. The fourth-order valence-corrected chi connectivity index (χ4v) is 3.14. The molecule has 0 radical (unpaired) electrons. The molecule has 1 aliphatic rings. The first kappa shape index (κ1) is 21.3. The van der Waals surface area contributed by atoms with E-state index in [2.05, 4.69) is 48.5 Å². The van der Waals surface area contributed by atoms with Gasteiger partial charge in [-0.05, 0) is 31.6 Å². The number of aliphatic imine (C=N–C) groups is 1. The van der Waals surface area contributed by atoms with E-state index in [0.717, 1.165) is 29.9 Å². The highest BCUT2D eigenvalue weighted by molar-refractivity contribution is 14.0. The second-order valence-electron chi connectivity index (χ2n) is 6.85. The topological polar surface area (TPSA) is 62.5 Å². The lowest BCUT2D eigenvalue weighted by atomic mass is 9.84. The van der Waals surface area contributed by atoms with E-state index >= 15 is 0 Å². The minimum atomic E-state index is 0. The predicted molar refractivity (Wildman–Crippen MR) is 110 cm³/mol. The molecule has 24 heavy (non-hydrogen) atoms. The molecule has 1 aromatic heterocycles. The SMILES string of the molecule is CCNC(=NCc1cc(C(C)C)no1)NC1CCCC(CC)C1.I. The maximum Gasteiger partial charge on any atom is 0.191 e. The fraction of sp³-hybridized carbons (Fsp3) is 0.778. The van der Waals surface area contributed by atoms with Crippen LogP contribution < -0.4 is 10.6 Å². The minimum Gasteiger partial charge on any atom is -0.359 e. The lowest BCUT2D eigenvalue weighted by Crippen LogP contribution is -2.45. The van der Waals surface area contributed by atoms with Gasteiger partial charge in [0.25, 0.3) is 0 Å². The van der Waals surface area contributed by atoms with Crippen LogP contribution in [-0.2, 0) is 6.54 Å². The van der Waals surface area contributed by atoms with Crippen molar-refractivity contribution in [2.75, 3.05) is 6.54 Å². The Kier molecular flexibility index (Phi) is 9.69. The van der Waals surface area contributed by atoms with Crippen molar-refractivity contribution in [2.24, 2.45) is 10.9 Å². The van der Waals surface area contributed by atoms with Crippen molar-refractivity contribution in [3.63, 3.8) is 0 Å². The number of hydrogen-bond acceptors (Lipinski definition) is 3. The predicted octanol–water partition coefficient (Wildman–Crippen LogP) is 4.44. The molecule has 2 rings (SSSR count). The minimum absolute atomic E-state index is 0. The van der Waals surface area contributed by atoms with Crippen LogP contribution in [-0.4, -0.2) is 23.7 Å².